The zero-order valence-corrected chi connectivity index (χ0v) is 17.2. The minimum atomic E-state index is -0.614. The number of morpholine rings is 1. The lowest BCUT2D eigenvalue weighted by atomic mass is 9.99. The fraction of sp³-hybridized carbons (Fsp3) is 0.217. The van der Waals surface area contributed by atoms with Crippen LogP contribution in [0.25, 0.3) is 33.1 Å². The molecule has 3 heterocycles. The Morgan fingerprint density at radius 3 is 2.58 bits per heavy atom. The summed E-state index contributed by atoms with van der Waals surface area (Å²) in [6.07, 6.45) is 0. The Balaban J connectivity index is 1.72. The third kappa shape index (κ3) is 3.72. The maximum absolute atomic E-state index is 12.7. The van der Waals surface area contributed by atoms with Crippen LogP contribution in [0.15, 0.2) is 60.9 Å². The van der Waals surface area contributed by atoms with Crippen LogP contribution in [0.1, 0.15) is 5.56 Å². The summed E-state index contributed by atoms with van der Waals surface area (Å²) in [5, 5.41) is 12.2. The molecule has 0 unspecified atom stereocenters. The van der Waals surface area contributed by atoms with Gasteiger partial charge < -0.3 is 23.6 Å². The normalized spacial score (nSPS) is 15.0. The lowest BCUT2D eigenvalue weighted by molar-refractivity contribution is -0.921. The van der Waals surface area contributed by atoms with Gasteiger partial charge in [0, 0.05) is 27.4 Å². The van der Waals surface area contributed by atoms with Crippen molar-refractivity contribution in [2.24, 2.45) is 0 Å². The second kappa shape index (κ2) is 7.85. The molecule has 0 atom stereocenters. The molecule has 5 rings (SSSR count). The molecule has 0 spiro atoms. The lowest BCUT2D eigenvalue weighted by Gasteiger charge is -2.24. The predicted octanol–water partition coefficient (Wildman–Crippen LogP) is 2.34. The molecule has 8 heteroatoms. The van der Waals surface area contributed by atoms with Crippen molar-refractivity contribution in [2.75, 3.05) is 26.3 Å². The van der Waals surface area contributed by atoms with Crippen molar-refractivity contribution in [3.63, 3.8) is 0 Å². The van der Waals surface area contributed by atoms with Gasteiger partial charge in [0.2, 0.25) is 0 Å². The smallest absolute Gasteiger partial charge is 0.344 e. The summed E-state index contributed by atoms with van der Waals surface area (Å²) in [6, 6.07) is 11.1. The molecule has 0 bridgehead atoms. The van der Waals surface area contributed by atoms with Crippen LogP contribution in [0.3, 0.4) is 0 Å². The Kier molecular flexibility index (Phi) is 5.02. The van der Waals surface area contributed by atoms with E-state index >= 15 is 0 Å². The van der Waals surface area contributed by atoms with E-state index in [0.29, 0.717) is 52.3 Å². The van der Waals surface area contributed by atoms with Crippen molar-refractivity contribution in [1.29, 1.82) is 0 Å². The molecule has 0 aliphatic carbocycles. The summed E-state index contributed by atoms with van der Waals surface area (Å²) in [5.41, 5.74) is 0.628. The van der Waals surface area contributed by atoms with E-state index in [4.69, 9.17) is 25.2 Å². The van der Waals surface area contributed by atoms with Crippen molar-refractivity contribution in [3.05, 3.63) is 73.9 Å². The molecule has 0 radical (unpaired) electrons. The molecule has 1 aliphatic rings. The Hall–Kier alpha value is -3.13. The van der Waals surface area contributed by atoms with Crippen LogP contribution >= 0.6 is 11.6 Å². The molecule has 158 valence electrons. The van der Waals surface area contributed by atoms with E-state index in [0.717, 1.165) is 13.1 Å². The highest BCUT2D eigenvalue weighted by Gasteiger charge is 2.22. The fourth-order valence-corrected chi connectivity index (χ4v) is 4.21. The Bertz CT molecular complexity index is 1420. The second-order valence-corrected chi connectivity index (χ2v) is 8.02. The molecule has 2 aromatic carbocycles. The van der Waals surface area contributed by atoms with Gasteiger partial charge in [0.15, 0.2) is 5.58 Å². The summed E-state index contributed by atoms with van der Waals surface area (Å²) in [5.74, 6) is 0.0455. The van der Waals surface area contributed by atoms with Gasteiger partial charge in [-0.15, -0.1) is 0 Å². The van der Waals surface area contributed by atoms with Gasteiger partial charge in [-0.1, -0.05) is 11.6 Å². The van der Waals surface area contributed by atoms with E-state index in [1.54, 1.807) is 36.4 Å². The molecule has 1 aliphatic heterocycles. The van der Waals surface area contributed by atoms with E-state index in [1.165, 1.54) is 11.0 Å². The Morgan fingerprint density at radius 2 is 1.77 bits per heavy atom. The van der Waals surface area contributed by atoms with Gasteiger partial charge in [0.05, 0.1) is 24.3 Å². The zero-order valence-electron chi connectivity index (χ0n) is 16.4. The molecule has 0 saturated carbocycles. The van der Waals surface area contributed by atoms with E-state index in [2.05, 4.69) is 0 Å². The van der Waals surface area contributed by atoms with Crippen LogP contribution in [0.2, 0.25) is 5.02 Å². The average Bonchev–Trinajstić information content (AvgIpc) is 2.76. The van der Waals surface area contributed by atoms with Crippen LogP contribution < -0.4 is 16.2 Å². The largest absolute Gasteiger partial charge is 0.507 e. The standard InChI is InChI=1S/C23H18ClNO6/c24-14-1-4-20-13(9-14)10-17(23(28)30-20)16-11-21(27)31-22-15(16)2-3-19(26)18(22)12-25-5-7-29-8-6-25/h1-4,9-11,26H,5-8,12H2/p+1. The van der Waals surface area contributed by atoms with Gasteiger partial charge >= 0.3 is 11.3 Å². The van der Waals surface area contributed by atoms with E-state index in [9.17, 15) is 14.7 Å². The summed E-state index contributed by atoms with van der Waals surface area (Å²) in [4.78, 5) is 26.4. The summed E-state index contributed by atoms with van der Waals surface area (Å²) >= 11 is 6.08. The highest BCUT2D eigenvalue weighted by atomic mass is 35.5. The summed E-state index contributed by atoms with van der Waals surface area (Å²) in [7, 11) is 0. The molecule has 1 fully saturated rings. The molecule has 2 aromatic heterocycles. The highest BCUT2D eigenvalue weighted by molar-refractivity contribution is 6.31. The van der Waals surface area contributed by atoms with Crippen LogP contribution in [-0.4, -0.2) is 31.4 Å². The number of quaternary nitrogens is 1. The van der Waals surface area contributed by atoms with Crippen LogP contribution in [0, 0.1) is 0 Å². The van der Waals surface area contributed by atoms with Gasteiger partial charge in [-0.2, -0.15) is 0 Å². The maximum Gasteiger partial charge on any atom is 0.344 e. The number of hydrogen-bond donors (Lipinski definition) is 2. The SMILES string of the molecule is O=c1cc(-c2cc3cc(Cl)ccc3oc2=O)c2ccc(O)c(C[NH+]3CCOCC3)c2o1. The van der Waals surface area contributed by atoms with Crippen molar-refractivity contribution < 1.29 is 23.6 Å². The highest BCUT2D eigenvalue weighted by Crippen LogP contribution is 2.33. The summed E-state index contributed by atoms with van der Waals surface area (Å²) < 4.78 is 16.4. The Morgan fingerprint density at radius 1 is 0.968 bits per heavy atom. The van der Waals surface area contributed by atoms with Gasteiger partial charge in [0.25, 0.3) is 0 Å². The number of hydrogen-bond acceptors (Lipinski definition) is 6. The van der Waals surface area contributed by atoms with Crippen LogP contribution in [0.5, 0.6) is 5.75 Å². The molecule has 0 amide bonds. The first kappa shape index (κ1) is 19.8. The van der Waals surface area contributed by atoms with Gasteiger partial charge in [-0.05, 0) is 36.4 Å². The predicted molar refractivity (Wildman–Crippen MR) is 116 cm³/mol. The number of fused-ring (bicyclic) bond motifs is 2. The first-order chi connectivity index (χ1) is 15.0. The van der Waals surface area contributed by atoms with Crippen LogP contribution in [-0.2, 0) is 11.3 Å². The van der Waals surface area contributed by atoms with Crippen molar-refractivity contribution in [1.82, 2.24) is 0 Å². The molecular weight excluding hydrogens is 422 g/mol. The number of ether oxygens (including phenoxy) is 1. The number of benzene rings is 2. The molecule has 7 nitrogen and oxygen atoms in total. The summed E-state index contributed by atoms with van der Waals surface area (Å²) in [6.45, 7) is 3.32. The van der Waals surface area contributed by atoms with Gasteiger partial charge in [-0.25, -0.2) is 9.59 Å². The first-order valence-corrected chi connectivity index (χ1v) is 10.3. The van der Waals surface area contributed by atoms with Gasteiger partial charge in [0.1, 0.15) is 31.0 Å². The Labute approximate surface area is 181 Å². The minimum absolute atomic E-state index is 0.0455. The van der Waals surface area contributed by atoms with Crippen molar-refractivity contribution in [3.8, 4) is 16.9 Å². The molecule has 1 saturated heterocycles. The number of rotatable bonds is 3. The van der Waals surface area contributed by atoms with Crippen molar-refractivity contribution >= 4 is 33.5 Å². The lowest BCUT2D eigenvalue weighted by Crippen LogP contribution is -3.12. The number of phenolic OH excluding ortho intramolecular Hbond substituents is 1. The van der Waals surface area contributed by atoms with Gasteiger partial charge in [-0.3, -0.25) is 0 Å². The van der Waals surface area contributed by atoms with Crippen LogP contribution in [0.4, 0.5) is 0 Å². The average molecular weight is 441 g/mol. The minimum Gasteiger partial charge on any atom is -0.507 e. The number of phenols is 1. The third-order valence-corrected chi connectivity index (χ3v) is 5.84. The molecule has 4 aromatic rings. The maximum atomic E-state index is 12.7. The van der Waals surface area contributed by atoms with E-state index in [1.807, 2.05) is 0 Å². The fourth-order valence-electron chi connectivity index (χ4n) is 4.03. The monoisotopic (exact) mass is 440 g/mol. The van der Waals surface area contributed by atoms with Crippen molar-refractivity contribution in [2.45, 2.75) is 6.54 Å². The van der Waals surface area contributed by atoms with E-state index < -0.39 is 11.3 Å². The number of nitrogens with one attached hydrogen (secondary N) is 1. The van der Waals surface area contributed by atoms with E-state index in [-0.39, 0.29) is 16.9 Å². The second-order valence-electron chi connectivity index (χ2n) is 7.59. The molecule has 31 heavy (non-hydrogen) atoms. The number of halogens is 1. The zero-order chi connectivity index (χ0) is 21.5. The third-order valence-electron chi connectivity index (χ3n) is 5.60. The first-order valence-electron chi connectivity index (χ1n) is 9.93. The molecular formula is C23H19ClNO6+. The number of aromatic hydroxyl groups is 1. The quantitative estimate of drug-likeness (QED) is 0.475. The topological polar surface area (TPSA) is 94.3 Å². The molecule has 2 N–H and O–H groups in total.